The van der Waals surface area contributed by atoms with E-state index in [1.165, 1.54) is 12.1 Å². The first-order chi connectivity index (χ1) is 17.0. The maximum atomic E-state index is 13.1. The Morgan fingerprint density at radius 1 is 1.14 bits per heavy atom. The Labute approximate surface area is 203 Å². The van der Waals surface area contributed by atoms with Crippen LogP contribution in [0, 0.1) is 5.82 Å². The summed E-state index contributed by atoms with van der Waals surface area (Å²) in [7, 11) is 1.60. The quantitative estimate of drug-likeness (QED) is 0.503. The van der Waals surface area contributed by atoms with Gasteiger partial charge in [0.25, 0.3) is 0 Å². The number of nitrogens with zero attached hydrogens (tertiary/aromatic N) is 3. The summed E-state index contributed by atoms with van der Waals surface area (Å²) in [6.07, 6.45) is 3.17. The molecular weight excluding hydrogens is 451 g/mol. The fourth-order valence-corrected chi connectivity index (χ4v) is 4.17. The number of ether oxygens (including phenoxy) is 1. The highest BCUT2D eigenvalue weighted by atomic mass is 19.1. The molecule has 1 N–H and O–H groups in total. The van der Waals surface area contributed by atoms with E-state index in [1.54, 1.807) is 19.2 Å². The van der Waals surface area contributed by atoms with Crippen LogP contribution in [0.3, 0.4) is 0 Å². The third kappa shape index (κ3) is 6.65. The maximum Gasteiger partial charge on any atom is 0.227 e. The van der Waals surface area contributed by atoms with Gasteiger partial charge in [0.2, 0.25) is 23.5 Å². The van der Waals surface area contributed by atoms with Crippen molar-refractivity contribution in [3.05, 3.63) is 65.8 Å². The van der Waals surface area contributed by atoms with E-state index in [2.05, 4.69) is 15.5 Å². The number of nitrogens with one attached hydrogen (secondary N) is 1. The zero-order valence-electron chi connectivity index (χ0n) is 19.7. The van der Waals surface area contributed by atoms with Crippen LogP contribution in [0.1, 0.15) is 37.1 Å². The van der Waals surface area contributed by atoms with Gasteiger partial charge in [-0.1, -0.05) is 23.4 Å². The molecule has 8 nitrogen and oxygen atoms in total. The van der Waals surface area contributed by atoms with Crippen molar-refractivity contribution < 1.29 is 23.2 Å². The molecule has 2 amide bonds. The van der Waals surface area contributed by atoms with Gasteiger partial charge in [0, 0.05) is 43.1 Å². The average Bonchev–Trinajstić information content (AvgIpc) is 3.34. The van der Waals surface area contributed by atoms with Crippen molar-refractivity contribution in [1.82, 2.24) is 20.4 Å². The van der Waals surface area contributed by atoms with Gasteiger partial charge in [-0.05, 0) is 49.6 Å². The summed E-state index contributed by atoms with van der Waals surface area (Å²) in [5, 5.41) is 6.99. The second-order valence-corrected chi connectivity index (χ2v) is 8.58. The lowest BCUT2D eigenvalue weighted by Gasteiger charge is -2.32. The number of para-hydroxylation sites is 1. The van der Waals surface area contributed by atoms with Crippen LogP contribution in [0.25, 0.3) is 11.4 Å². The molecule has 1 saturated heterocycles. The molecule has 0 spiro atoms. The van der Waals surface area contributed by atoms with Crippen LogP contribution in [0.2, 0.25) is 0 Å². The number of piperidine rings is 1. The maximum absolute atomic E-state index is 13.1. The summed E-state index contributed by atoms with van der Waals surface area (Å²) in [4.78, 5) is 31.2. The summed E-state index contributed by atoms with van der Waals surface area (Å²) >= 11 is 0. The lowest BCUT2D eigenvalue weighted by molar-refractivity contribution is -0.131. The molecule has 1 aromatic heterocycles. The van der Waals surface area contributed by atoms with E-state index in [9.17, 15) is 14.0 Å². The molecular formula is C26H29FN4O4. The van der Waals surface area contributed by atoms with E-state index in [0.717, 1.165) is 24.2 Å². The average molecular weight is 481 g/mol. The van der Waals surface area contributed by atoms with E-state index < -0.39 is 0 Å². The Balaban J connectivity index is 1.16. The van der Waals surface area contributed by atoms with Gasteiger partial charge in [-0.3, -0.25) is 9.59 Å². The van der Waals surface area contributed by atoms with Crippen LogP contribution < -0.4 is 10.1 Å². The SMILES string of the molecule is COc1ccccc1CC(=O)N1CCC(NC(=O)CCCc2nc(-c3ccc(F)cc3)no2)CC1. The van der Waals surface area contributed by atoms with Gasteiger partial charge < -0.3 is 19.5 Å². The summed E-state index contributed by atoms with van der Waals surface area (Å²) in [5.74, 6) is 1.28. The first kappa shape index (κ1) is 24.4. The number of halogens is 1. The predicted octanol–water partition coefficient (Wildman–Crippen LogP) is 3.56. The number of carbonyl (C=O) groups excluding carboxylic acids is 2. The van der Waals surface area contributed by atoms with E-state index in [0.29, 0.717) is 56.1 Å². The monoisotopic (exact) mass is 480 g/mol. The molecule has 4 rings (SSSR count). The number of amides is 2. The third-order valence-corrected chi connectivity index (χ3v) is 6.11. The van der Waals surface area contributed by atoms with Crippen molar-refractivity contribution in [3.8, 4) is 17.1 Å². The molecule has 0 bridgehead atoms. The lowest BCUT2D eigenvalue weighted by Crippen LogP contribution is -2.46. The molecule has 9 heteroatoms. The fourth-order valence-electron chi connectivity index (χ4n) is 4.17. The van der Waals surface area contributed by atoms with E-state index in [-0.39, 0.29) is 23.7 Å². The van der Waals surface area contributed by atoms with Crippen molar-refractivity contribution in [2.45, 2.75) is 44.6 Å². The minimum absolute atomic E-state index is 0.0259. The summed E-state index contributed by atoms with van der Waals surface area (Å²) in [5.41, 5.74) is 1.55. The normalized spacial score (nSPS) is 14.1. The molecule has 35 heavy (non-hydrogen) atoms. The van der Waals surface area contributed by atoms with Gasteiger partial charge in [-0.15, -0.1) is 0 Å². The smallest absolute Gasteiger partial charge is 0.227 e. The van der Waals surface area contributed by atoms with Crippen LogP contribution in [0.15, 0.2) is 53.1 Å². The van der Waals surface area contributed by atoms with Crippen LogP contribution >= 0.6 is 0 Å². The number of hydrogen-bond donors (Lipinski definition) is 1. The first-order valence-corrected chi connectivity index (χ1v) is 11.8. The third-order valence-electron chi connectivity index (χ3n) is 6.11. The van der Waals surface area contributed by atoms with Gasteiger partial charge in [-0.2, -0.15) is 4.98 Å². The topological polar surface area (TPSA) is 97.6 Å². The fraction of sp³-hybridized carbons (Fsp3) is 0.385. The molecule has 0 atom stereocenters. The molecule has 2 aromatic carbocycles. The molecule has 1 aliphatic rings. The molecule has 3 aromatic rings. The molecule has 2 heterocycles. The van der Waals surface area contributed by atoms with Gasteiger partial charge >= 0.3 is 0 Å². The van der Waals surface area contributed by atoms with E-state index in [4.69, 9.17) is 9.26 Å². The number of aryl methyl sites for hydroxylation is 1. The zero-order valence-corrected chi connectivity index (χ0v) is 19.7. The number of rotatable bonds is 9. The van der Waals surface area contributed by atoms with E-state index in [1.807, 2.05) is 29.2 Å². The summed E-state index contributed by atoms with van der Waals surface area (Å²) < 4.78 is 23.6. The van der Waals surface area contributed by atoms with Crippen molar-refractivity contribution >= 4 is 11.8 Å². The second-order valence-electron chi connectivity index (χ2n) is 8.58. The molecule has 184 valence electrons. The van der Waals surface area contributed by atoms with Crippen LogP contribution in [-0.4, -0.2) is 53.1 Å². The van der Waals surface area contributed by atoms with Crippen molar-refractivity contribution in [2.75, 3.05) is 20.2 Å². The Morgan fingerprint density at radius 2 is 1.89 bits per heavy atom. The predicted molar refractivity (Wildman–Crippen MR) is 127 cm³/mol. The largest absolute Gasteiger partial charge is 0.496 e. The highest BCUT2D eigenvalue weighted by molar-refractivity contribution is 5.80. The van der Waals surface area contributed by atoms with Crippen LogP contribution in [-0.2, 0) is 22.4 Å². The van der Waals surface area contributed by atoms with Crippen molar-refractivity contribution in [2.24, 2.45) is 0 Å². The second kappa shape index (κ2) is 11.6. The Morgan fingerprint density at radius 3 is 2.63 bits per heavy atom. The van der Waals surface area contributed by atoms with Gasteiger partial charge in [0.05, 0.1) is 13.5 Å². The number of aromatic nitrogens is 2. The van der Waals surface area contributed by atoms with Crippen LogP contribution in [0.4, 0.5) is 4.39 Å². The highest BCUT2D eigenvalue weighted by Gasteiger charge is 2.24. The lowest BCUT2D eigenvalue weighted by atomic mass is 10.0. The Hall–Kier alpha value is -3.75. The number of likely N-dealkylation sites (tertiary alicyclic amines) is 1. The zero-order chi connectivity index (χ0) is 24.6. The number of methoxy groups -OCH3 is 1. The minimum atomic E-state index is -0.325. The highest BCUT2D eigenvalue weighted by Crippen LogP contribution is 2.20. The standard InChI is InChI=1S/C26H29FN4O4/c1-34-22-6-3-2-5-19(22)17-25(33)31-15-13-21(14-16-31)28-23(32)7-4-8-24-29-26(30-35-24)18-9-11-20(27)12-10-18/h2-3,5-6,9-12,21H,4,7-8,13-17H2,1H3,(H,28,32). The van der Waals surface area contributed by atoms with Gasteiger partial charge in [0.1, 0.15) is 11.6 Å². The number of hydrogen-bond acceptors (Lipinski definition) is 6. The summed E-state index contributed by atoms with van der Waals surface area (Å²) in [6, 6.07) is 13.5. The molecule has 1 fully saturated rings. The van der Waals surface area contributed by atoms with Crippen LogP contribution in [0.5, 0.6) is 5.75 Å². The molecule has 1 aliphatic heterocycles. The summed E-state index contributed by atoms with van der Waals surface area (Å²) in [6.45, 7) is 1.24. The first-order valence-electron chi connectivity index (χ1n) is 11.8. The Kier molecular flexibility index (Phi) is 8.07. The molecule has 0 saturated carbocycles. The molecule has 0 unspecified atom stereocenters. The van der Waals surface area contributed by atoms with E-state index >= 15 is 0 Å². The number of carbonyl (C=O) groups is 2. The number of benzene rings is 2. The van der Waals surface area contributed by atoms with Gasteiger partial charge in [-0.25, -0.2) is 4.39 Å². The van der Waals surface area contributed by atoms with Gasteiger partial charge in [0.15, 0.2) is 0 Å². The minimum Gasteiger partial charge on any atom is -0.496 e. The molecule has 0 aliphatic carbocycles. The van der Waals surface area contributed by atoms with Crippen molar-refractivity contribution in [1.29, 1.82) is 0 Å². The Bertz CT molecular complexity index is 1140. The van der Waals surface area contributed by atoms with Crippen molar-refractivity contribution in [3.63, 3.8) is 0 Å². The molecule has 0 radical (unpaired) electrons.